The van der Waals surface area contributed by atoms with Gasteiger partial charge in [-0.25, -0.2) is 4.98 Å². The molecule has 3 aromatic heterocycles. The van der Waals surface area contributed by atoms with E-state index in [4.69, 9.17) is 0 Å². The van der Waals surface area contributed by atoms with Crippen molar-refractivity contribution in [3.05, 3.63) is 65.1 Å². The van der Waals surface area contributed by atoms with Crippen molar-refractivity contribution in [3.8, 4) is 11.3 Å². The highest BCUT2D eigenvalue weighted by molar-refractivity contribution is 7.18. The van der Waals surface area contributed by atoms with E-state index in [9.17, 15) is 4.79 Å². The van der Waals surface area contributed by atoms with Crippen LogP contribution in [-0.2, 0) is 20.0 Å². The second-order valence-electron chi connectivity index (χ2n) is 6.25. The number of benzene rings is 1. The Labute approximate surface area is 160 Å². The van der Waals surface area contributed by atoms with Crippen molar-refractivity contribution in [2.45, 2.75) is 19.9 Å². The molecule has 0 aliphatic heterocycles. The number of amides is 1. The van der Waals surface area contributed by atoms with Crippen LogP contribution in [-0.4, -0.2) is 25.7 Å². The molecule has 0 unspecified atom stereocenters. The third-order valence-electron chi connectivity index (χ3n) is 4.36. The summed E-state index contributed by atoms with van der Waals surface area (Å²) < 4.78 is 2.84. The first-order chi connectivity index (χ1) is 13.1. The van der Waals surface area contributed by atoms with Crippen molar-refractivity contribution in [1.29, 1.82) is 0 Å². The third kappa shape index (κ3) is 3.59. The first kappa shape index (κ1) is 17.4. The Morgan fingerprint density at radius 2 is 2.11 bits per heavy atom. The number of pyridine rings is 1. The van der Waals surface area contributed by atoms with Crippen LogP contribution in [0.1, 0.15) is 27.9 Å². The molecule has 4 rings (SSSR count). The molecule has 0 aliphatic rings. The van der Waals surface area contributed by atoms with Gasteiger partial charge in [-0.1, -0.05) is 6.92 Å². The SMILES string of the molecule is CCc1nc2ccc(C(=O)NCc3cncc(-c4ccnn4C)c3)cc2s1. The lowest BCUT2D eigenvalue weighted by molar-refractivity contribution is 0.0951. The average Bonchev–Trinajstić information content (AvgIpc) is 3.31. The van der Waals surface area contributed by atoms with E-state index in [1.54, 1.807) is 34.6 Å². The molecule has 3 heterocycles. The second kappa shape index (κ2) is 7.28. The smallest absolute Gasteiger partial charge is 0.251 e. The van der Waals surface area contributed by atoms with Gasteiger partial charge in [-0.15, -0.1) is 11.3 Å². The number of nitrogens with zero attached hydrogens (tertiary/aromatic N) is 4. The van der Waals surface area contributed by atoms with Crippen LogP contribution in [0.4, 0.5) is 0 Å². The highest BCUT2D eigenvalue weighted by Gasteiger charge is 2.10. The number of carbonyl (C=O) groups is 1. The van der Waals surface area contributed by atoms with Crippen molar-refractivity contribution >= 4 is 27.5 Å². The summed E-state index contributed by atoms with van der Waals surface area (Å²) in [6, 6.07) is 9.59. The Morgan fingerprint density at radius 3 is 2.89 bits per heavy atom. The molecule has 0 saturated heterocycles. The zero-order valence-electron chi connectivity index (χ0n) is 15.1. The van der Waals surface area contributed by atoms with E-state index >= 15 is 0 Å². The first-order valence-electron chi connectivity index (χ1n) is 8.74. The molecular weight excluding hydrogens is 358 g/mol. The number of hydrogen-bond donors (Lipinski definition) is 1. The van der Waals surface area contributed by atoms with Gasteiger partial charge in [0.2, 0.25) is 0 Å². The Hall–Kier alpha value is -3.06. The maximum Gasteiger partial charge on any atom is 0.251 e. The molecule has 4 aromatic rings. The quantitative estimate of drug-likeness (QED) is 0.577. The van der Waals surface area contributed by atoms with Gasteiger partial charge in [-0.3, -0.25) is 14.5 Å². The number of aryl methyl sites for hydroxylation is 2. The van der Waals surface area contributed by atoms with E-state index in [0.717, 1.165) is 38.5 Å². The average molecular weight is 377 g/mol. The lowest BCUT2D eigenvalue weighted by Gasteiger charge is -2.07. The van der Waals surface area contributed by atoms with Gasteiger partial charge < -0.3 is 5.32 Å². The summed E-state index contributed by atoms with van der Waals surface area (Å²) >= 11 is 1.64. The predicted octanol–water partition coefficient (Wildman–Crippen LogP) is 3.58. The molecule has 0 atom stereocenters. The van der Waals surface area contributed by atoms with Crippen molar-refractivity contribution < 1.29 is 4.79 Å². The zero-order valence-corrected chi connectivity index (χ0v) is 16.0. The fourth-order valence-electron chi connectivity index (χ4n) is 2.93. The fourth-order valence-corrected chi connectivity index (χ4v) is 3.88. The molecule has 1 aromatic carbocycles. The summed E-state index contributed by atoms with van der Waals surface area (Å²) in [7, 11) is 1.89. The van der Waals surface area contributed by atoms with Gasteiger partial charge in [0.25, 0.3) is 5.91 Å². The Morgan fingerprint density at radius 1 is 1.22 bits per heavy atom. The van der Waals surface area contributed by atoms with Gasteiger partial charge in [-0.2, -0.15) is 5.10 Å². The molecule has 27 heavy (non-hydrogen) atoms. The number of thiazole rings is 1. The number of fused-ring (bicyclic) bond motifs is 1. The van der Waals surface area contributed by atoms with Crippen LogP contribution in [0.25, 0.3) is 21.5 Å². The lowest BCUT2D eigenvalue weighted by atomic mass is 10.1. The van der Waals surface area contributed by atoms with Gasteiger partial charge in [0.1, 0.15) is 0 Å². The van der Waals surface area contributed by atoms with E-state index in [-0.39, 0.29) is 5.91 Å². The zero-order chi connectivity index (χ0) is 18.8. The Bertz CT molecular complexity index is 1110. The number of aromatic nitrogens is 4. The summed E-state index contributed by atoms with van der Waals surface area (Å²) in [4.78, 5) is 21.4. The van der Waals surface area contributed by atoms with Gasteiger partial charge in [0.05, 0.1) is 20.9 Å². The molecular formula is C20H19N5OS. The van der Waals surface area contributed by atoms with E-state index in [1.807, 2.05) is 37.4 Å². The minimum Gasteiger partial charge on any atom is -0.348 e. The summed E-state index contributed by atoms with van der Waals surface area (Å²) in [6.45, 7) is 2.50. The largest absolute Gasteiger partial charge is 0.348 e. The third-order valence-corrected chi connectivity index (χ3v) is 5.52. The highest BCUT2D eigenvalue weighted by Crippen LogP contribution is 2.24. The number of hydrogen-bond acceptors (Lipinski definition) is 5. The first-order valence-corrected chi connectivity index (χ1v) is 9.55. The summed E-state index contributed by atoms with van der Waals surface area (Å²) in [5.74, 6) is -0.103. The molecule has 1 N–H and O–H groups in total. The monoisotopic (exact) mass is 377 g/mol. The topological polar surface area (TPSA) is 72.7 Å². The summed E-state index contributed by atoms with van der Waals surface area (Å²) in [5.41, 5.74) is 4.48. The van der Waals surface area contributed by atoms with E-state index in [2.05, 4.69) is 27.3 Å². The Kier molecular flexibility index (Phi) is 4.68. The van der Waals surface area contributed by atoms with Gasteiger partial charge in [-0.05, 0) is 42.3 Å². The van der Waals surface area contributed by atoms with Gasteiger partial charge >= 0.3 is 0 Å². The van der Waals surface area contributed by atoms with Crippen molar-refractivity contribution in [1.82, 2.24) is 25.1 Å². The lowest BCUT2D eigenvalue weighted by Crippen LogP contribution is -2.22. The van der Waals surface area contributed by atoms with Crippen molar-refractivity contribution in [2.24, 2.45) is 7.05 Å². The molecule has 0 spiro atoms. The molecule has 0 aliphatic carbocycles. The molecule has 0 radical (unpaired) electrons. The maximum atomic E-state index is 12.5. The molecule has 0 bridgehead atoms. The van der Waals surface area contributed by atoms with Crippen LogP contribution in [0.2, 0.25) is 0 Å². The highest BCUT2D eigenvalue weighted by atomic mass is 32.1. The van der Waals surface area contributed by atoms with E-state index in [1.165, 1.54) is 0 Å². The normalized spacial score (nSPS) is 11.0. The van der Waals surface area contributed by atoms with Gasteiger partial charge in [0.15, 0.2) is 0 Å². The summed E-state index contributed by atoms with van der Waals surface area (Å²) in [6.07, 6.45) is 6.22. The second-order valence-corrected chi connectivity index (χ2v) is 7.36. The minimum absolute atomic E-state index is 0.103. The van der Waals surface area contributed by atoms with E-state index in [0.29, 0.717) is 12.1 Å². The van der Waals surface area contributed by atoms with Crippen molar-refractivity contribution in [2.75, 3.05) is 0 Å². The molecule has 6 nitrogen and oxygen atoms in total. The maximum absolute atomic E-state index is 12.5. The molecule has 1 amide bonds. The standard InChI is InChI=1S/C20H19N5OS/c1-3-19-24-16-5-4-14(9-18(16)27-19)20(26)22-11-13-8-15(12-21-10-13)17-6-7-23-25(17)2/h4-10,12H,3,11H2,1-2H3,(H,22,26). The molecule has 7 heteroatoms. The minimum atomic E-state index is -0.103. The van der Waals surface area contributed by atoms with Crippen molar-refractivity contribution in [3.63, 3.8) is 0 Å². The predicted molar refractivity (Wildman–Crippen MR) is 107 cm³/mol. The number of nitrogens with one attached hydrogen (secondary N) is 1. The van der Waals surface area contributed by atoms with Crippen LogP contribution in [0.5, 0.6) is 0 Å². The van der Waals surface area contributed by atoms with Crippen LogP contribution in [0, 0.1) is 0 Å². The number of carbonyl (C=O) groups excluding carboxylic acids is 1. The molecule has 0 fully saturated rings. The molecule has 136 valence electrons. The number of rotatable bonds is 5. The van der Waals surface area contributed by atoms with Crippen LogP contribution in [0.15, 0.2) is 48.9 Å². The summed E-state index contributed by atoms with van der Waals surface area (Å²) in [5, 5.41) is 8.24. The van der Waals surface area contributed by atoms with E-state index < -0.39 is 0 Å². The van der Waals surface area contributed by atoms with Gasteiger partial charge in [0, 0.05) is 43.3 Å². The molecule has 0 saturated carbocycles. The van der Waals surface area contributed by atoms with Crippen LogP contribution < -0.4 is 5.32 Å². The van der Waals surface area contributed by atoms with Crippen LogP contribution in [0.3, 0.4) is 0 Å². The Balaban J connectivity index is 1.48. The fraction of sp³-hybridized carbons (Fsp3) is 0.200. The van der Waals surface area contributed by atoms with Crippen LogP contribution >= 0.6 is 11.3 Å².